The van der Waals surface area contributed by atoms with Gasteiger partial charge >= 0.3 is 5.97 Å². The smallest absolute Gasteiger partial charge is 0.310 e. The Labute approximate surface area is 206 Å². The monoisotopic (exact) mass is 470 g/mol. The normalized spacial score (nSPS) is 51.3. The van der Waals surface area contributed by atoms with E-state index in [2.05, 4.69) is 54.5 Å². The van der Waals surface area contributed by atoms with Crippen LogP contribution in [0.2, 0.25) is 0 Å². The minimum atomic E-state index is -0.621. The van der Waals surface area contributed by atoms with Crippen molar-refractivity contribution in [3.63, 3.8) is 0 Å². The van der Waals surface area contributed by atoms with Gasteiger partial charge in [0.15, 0.2) is 0 Å². The van der Waals surface area contributed by atoms with E-state index < -0.39 is 22.9 Å². The number of aliphatic hydroxyl groups is 1. The third-order valence-corrected chi connectivity index (χ3v) is 12.9. The van der Waals surface area contributed by atoms with Crippen molar-refractivity contribution >= 4 is 11.8 Å². The van der Waals surface area contributed by atoms with Crippen LogP contribution in [0.5, 0.6) is 0 Å². The lowest BCUT2D eigenvalue weighted by molar-refractivity contribution is -0.217. The standard InChI is InChI=1S/C30H46O4/c1-25(2)12-14-30(24(33)34)15-13-27(5)18(19(30)17-25)8-9-21-28(27,6)11-10-20-26(3,4)22(31)16-23(32)29(20,21)7/h8,19-21,23,32H,9-17H2,1-7H3,(H,33,34)/t19-,20-,21-,23?,27+,28+,29-,30-/m0/s1. The zero-order valence-electron chi connectivity index (χ0n) is 22.5. The lowest BCUT2D eigenvalue weighted by Crippen LogP contribution is -2.67. The van der Waals surface area contributed by atoms with Crippen LogP contribution in [0, 0.1) is 50.2 Å². The van der Waals surface area contributed by atoms with E-state index >= 15 is 0 Å². The molecule has 2 N–H and O–H groups in total. The molecule has 4 fully saturated rings. The Morgan fingerprint density at radius 2 is 1.59 bits per heavy atom. The fraction of sp³-hybridized carbons (Fsp3) is 0.867. The van der Waals surface area contributed by atoms with Gasteiger partial charge in [-0.05, 0) is 85.4 Å². The highest BCUT2D eigenvalue weighted by atomic mass is 16.4. The second kappa shape index (κ2) is 6.99. The molecule has 0 aromatic carbocycles. The van der Waals surface area contributed by atoms with Crippen molar-refractivity contribution in [1.29, 1.82) is 0 Å². The first kappa shape index (κ1) is 24.5. The summed E-state index contributed by atoms with van der Waals surface area (Å²) in [4.78, 5) is 25.7. The number of Topliss-reactive ketones (excluding diaryl/α,β-unsaturated/α-hetero) is 1. The number of carbonyl (C=O) groups is 2. The molecule has 0 aromatic heterocycles. The molecule has 5 aliphatic rings. The van der Waals surface area contributed by atoms with E-state index in [0.717, 1.165) is 51.4 Å². The van der Waals surface area contributed by atoms with Crippen LogP contribution >= 0.6 is 0 Å². The molecule has 190 valence electrons. The van der Waals surface area contributed by atoms with Crippen molar-refractivity contribution in [2.24, 2.45) is 50.2 Å². The van der Waals surface area contributed by atoms with Crippen molar-refractivity contribution in [2.45, 2.75) is 112 Å². The third kappa shape index (κ3) is 2.75. The summed E-state index contributed by atoms with van der Waals surface area (Å²) >= 11 is 0. The maximum Gasteiger partial charge on any atom is 0.310 e. The Morgan fingerprint density at radius 1 is 0.941 bits per heavy atom. The Kier molecular flexibility index (Phi) is 5.04. The number of rotatable bonds is 1. The number of carbonyl (C=O) groups excluding carboxylic acids is 1. The van der Waals surface area contributed by atoms with E-state index in [0.29, 0.717) is 5.92 Å². The summed E-state index contributed by atoms with van der Waals surface area (Å²) in [6, 6.07) is 0. The van der Waals surface area contributed by atoms with Crippen LogP contribution in [0.3, 0.4) is 0 Å². The van der Waals surface area contributed by atoms with Gasteiger partial charge in [0.25, 0.3) is 0 Å². The van der Waals surface area contributed by atoms with E-state index in [9.17, 15) is 19.8 Å². The van der Waals surface area contributed by atoms with Gasteiger partial charge in [-0.1, -0.05) is 60.1 Å². The number of carboxylic acids is 1. The van der Waals surface area contributed by atoms with Gasteiger partial charge in [0.05, 0.1) is 11.5 Å². The number of ketones is 1. The molecule has 0 heterocycles. The van der Waals surface area contributed by atoms with Gasteiger partial charge < -0.3 is 10.2 Å². The highest BCUT2D eigenvalue weighted by Crippen LogP contribution is 2.75. The molecule has 34 heavy (non-hydrogen) atoms. The summed E-state index contributed by atoms with van der Waals surface area (Å²) in [5.74, 6) is 0.191. The van der Waals surface area contributed by atoms with Crippen LogP contribution < -0.4 is 0 Å². The topological polar surface area (TPSA) is 74.6 Å². The predicted molar refractivity (Wildman–Crippen MR) is 133 cm³/mol. The van der Waals surface area contributed by atoms with E-state index in [-0.39, 0.29) is 45.7 Å². The van der Waals surface area contributed by atoms with E-state index in [1.165, 1.54) is 5.57 Å². The second-order valence-corrected chi connectivity index (χ2v) is 14.9. The molecule has 0 bridgehead atoms. The van der Waals surface area contributed by atoms with Crippen molar-refractivity contribution in [3.8, 4) is 0 Å². The maximum atomic E-state index is 12.9. The number of hydrogen-bond acceptors (Lipinski definition) is 3. The molecule has 4 nitrogen and oxygen atoms in total. The molecule has 0 aliphatic heterocycles. The first-order chi connectivity index (χ1) is 15.6. The van der Waals surface area contributed by atoms with Crippen LogP contribution in [0.4, 0.5) is 0 Å². The van der Waals surface area contributed by atoms with E-state index in [4.69, 9.17) is 0 Å². The van der Waals surface area contributed by atoms with Gasteiger partial charge in [0, 0.05) is 17.3 Å². The quantitative estimate of drug-likeness (QED) is 0.434. The van der Waals surface area contributed by atoms with Crippen molar-refractivity contribution in [2.75, 3.05) is 0 Å². The number of fused-ring (bicyclic) bond motifs is 7. The van der Waals surface area contributed by atoms with Crippen LogP contribution in [-0.4, -0.2) is 28.1 Å². The number of aliphatic hydroxyl groups excluding tert-OH is 1. The lowest BCUT2D eigenvalue weighted by Gasteiger charge is -2.71. The largest absolute Gasteiger partial charge is 0.481 e. The highest BCUT2D eigenvalue weighted by Gasteiger charge is 2.70. The number of hydrogen-bond donors (Lipinski definition) is 2. The molecule has 0 amide bonds. The second-order valence-electron chi connectivity index (χ2n) is 14.9. The third-order valence-electron chi connectivity index (χ3n) is 12.9. The van der Waals surface area contributed by atoms with Crippen LogP contribution in [0.1, 0.15) is 106 Å². The first-order valence-corrected chi connectivity index (χ1v) is 13.7. The molecule has 4 heteroatoms. The Bertz CT molecular complexity index is 961. The molecular formula is C30H46O4. The van der Waals surface area contributed by atoms with Crippen LogP contribution in [0.25, 0.3) is 0 Å². The summed E-state index contributed by atoms with van der Waals surface area (Å²) in [6.45, 7) is 16.0. The average molecular weight is 471 g/mol. The number of carboxylic acid groups (broad SMARTS) is 1. The van der Waals surface area contributed by atoms with Crippen molar-refractivity contribution < 1.29 is 19.8 Å². The molecule has 0 saturated heterocycles. The molecule has 4 saturated carbocycles. The fourth-order valence-corrected chi connectivity index (χ4v) is 10.4. The molecule has 5 rings (SSSR count). The minimum Gasteiger partial charge on any atom is -0.481 e. The number of allylic oxidation sites excluding steroid dienone is 2. The molecule has 1 unspecified atom stereocenters. The summed E-state index contributed by atoms with van der Waals surface area (Å²) in [5.41, 5.74) is 0.174. The van der Waals surface area contributed by atoms with Gasteiger partial charge in [-0.2, -0.15) is 0 Å². The first-order valence-electron chi connectivity index (χ1n) is 13.7. The van der Waals surface area contributed by atoms with Gasteiger partial charge in [-0.3, -0.25) is 9.59 Å². The maximum absolute atomic E-state index is 12.9. The van der Waals surface area contributed by atoms with Gasteiger partial charge in [0.1, 0.15) is 5.78 Å². The van der Waals surface area contributed by atoms with Crippen molar-refractivity contribution in [1.82, 2.24) is 0 Å². The van der Waals surface area contributed by atoms with E-state index in [1.54, 1.807) is 0 Å². The predicted octanol–water partition coefficient (Wildman–Crippen LogP) is 6.41. The summed E-state index contributed by atoms with van der Waals surface area (Å²) in [6.07, 6.45) is 9.37. The molecule has 0 spiro atoms. The van der Waals surface area contributed by atoms with Gasteiger partial charge in [-0.15, -0.1) is 0 Å². The molecular weight excluding hydrogens is 424 g/mol. The Hall–Kier alpha value is -1.16. The minimum absolute atomic E-state index is 0.00790. The Morgan fingerprint density at radius 3 is 2.24 bits per heavy atom. The van der Waals surface area contributed by atoms with Crippen LogP contribution in [-0.2, 0) is 9.59 Å². The van der Waals surface area contributed by atoms with Gasteiger partial charge in [-0.25, -0.2) is 0 Å². The average Bonchev–Trinajstić information content (AvgIpc) is 2.72. The summed E-state index contributed by atoms with van der Waals surface area (Å²) < 4.78 is 0. The Balaban J connectivity index is 1.63. The number of aliphatic carboxylic acids is 1. The fourth-order valence-electron chi connectivity index (χ4n) is 10.4. The van der Waals surface area contributed by atoms with Crippen molar-refractivity contribution in [3.05, 3.63) is 11.6 Å². The highest BCUT2D eigenvalue weighted by molar-refractivity contribution is 5.86. The summed E-state index contributed by atoms with van der Waals surface area (Å²) in [7, 11) is 0. The zero-order valence-corrected chi connectivity index (χ0v) is 22.5. The zero-order chi connectivity index (χ0) is 25.1. The molecule has 8 atom stereocenters. The molecule has 5 aliphatic carbocycles. The SMILES string of the molecule is CC1(C)CC[C@]2(C(=O)O)CC[C@]3(C)C(=CC[C@@H]4[C@@]5(C)C(O)CC(=O)C(C)(C)[C@@H]5CC[C@]43C)[C@@H]2C1. The van der Waals surface area contributed by atoms with Crippen LogP contribution in [0.15, 0.2) is 11.6 Å². The lowest BCUT2D eigenvalue weighted by atomic mass is 9.33. The molecule has 0 aromatic rings. The van der Waals surface area contributed by atoms with E-state index in [1.807, 2.05) is 0 Å². The van der Waals surface area contributed by atoms with Gasteiger partial charge in [0.2, 0.25) is 0 Å². The summed E-state index contributed by atoms with van der Waals surface area (Å²) in [5, 5.41) is 21.9. The molecule has 0 radical (unpaired) electrons.